The third-order valence-corrected chi connectivity index (χ3v) is 3.72. The fourth-order valence-electron chi connectivity index (χ4n) is 2.68. The Kier molecular flexibility index (Phi) is 2.63. The summed E-state index contributed by atoms with van der Waals surface area (Å²) >= 11 is 0. The molecule has 0 spiro atoms. The zero-order valence-corrected chi connectivity index (χ0v) is 10.5. The predicted octanol–water partition coefficient (Wildman–Crippen LogP) is 2.18. The Morgan fingerprint density at radius 1 is 1.47 bits per heavy atom. The van der Waals surface area contributed by atoms with Gasteiger partial charge < -0.3 is 9.88 Å². The second-order valence-electron chi connectivity index (χ2n) is 5.08. The average Bonchev–Trinajstić information content (AvgIpc) is 2.91. The van der Waals surface area contributed by atoms with E-state index < -0.39 is 0 Å². The van der Waals surface area contributed by atoms with E-state index in [0.29, 0.717) is 6.04 Å². The molecule has 17 heavy (non-hydrogen) atoms. The summed E-state index contributed by atoms with van der Waals surface area (Å²) in [4.78, 5) is 4.74. The van der Waals surface area contributed by atoms with Crippen LogP contribution in [0.3, 0.4) is 0 Å². The van der Waals surface area contributed by atoms with E-state index in [2.05, 4.69) is 42.1 Å². The standard InChI is InChI=1S/C14H19N3/c1-10-5-6-12-13(8-10)17(2)14(16-12)9-11-4-3-7-15-11/h5-6,8,11,15H,3-4,7,9H2,1-2H3. The van der Waals surface area contributed by atoms with Gasteiger partial charge in [0.05, 0.1) is 11.0 Å². The third kappa shape index (κ3) is 1.95. The maximum atomic E-state index is 4.74. The molecule has 3 nitrogen and oxygen atoms in total. The molecule has 2 heterocycles. The first-order valence-electron chi connectivity index (χ1n) is 6.39. The molecule has 0 bridgehead atoms. The van der Waals surface area contributed by atoms with E-state index in [4.69, 9.17) is 4.98 Å². The Labute approximate surface area is 102 Å². The van der Waals surface area contributed by atoms with Crippen LogP contribution in [0.4, 0.5) is 0 Å². The molecule has 1 aromatic heterocycles. The number of benzene rings is 1. The zero-order chi connectivity index (χ0) is 11.8. The molecule has 1 saturated heterocycles. The van der Waals surface area contributed by atoms with Crippen LogP contribution in [-0.2, 0) is 13.5 Å². The summed E-state index contributed by atoms with van der Waals surface area (Å²) in [6.45, 7) is 3.29. The first kappa shape index (κ1) is 10.8. The van der Waals surface area contributed by atoms with Crippen molar-refractivity contribution in [1.29, 1.82) is 0 Å². The van der Waals surface area contributed by atoms with Crippen molar-refractivity contribution in [2.75, 3.05) is 6.54 Å². The van der Waals surface area contributed by atoms with E-state index in [9.17, 15) is 0 Å². The van der Waals surface area contributed by atoms with Gasteiger partial charge in [-0.3, -0.25) is 0 Å². The summed E-state index contributed by atoms with van der Waals surface area (Å²) in [5.41, 5.74) is 3.66. The van der Waals surface area contributed by atoms with Crippen LogP contribution < -0.4 is 5.32 Å². The maximum Gasteiger partial charge on any atom is 0.111 e. The van der Waals surface area contributed by atoms with Gasteiger partial charge in [-0.05, 0) is 44.0 Å². The van der Waals surface area contributed by atoms with Crippen LogP contribution in [0.25, 0.3) is 11.0 Å². The third-order valence-electron chi connectivity index (χ3n) is 3.72. The van der Waals surface area contributed by atoms with Gasteiger partial charge in [0.2, 0.25) is 0 Å². The average molecular weight is 229 g/mol. The van der Waals surface area contributed by atoms with Crippen molar-refractivity contribution in [3.8, 4) is 0 Å². The Morgan fingerprint density at radius 3 is 3.12 bits per heavy atom. The van der Waals surface area contributed by atoms with Gasteiger partial charge in [0.1, 0.15) is 5.82 Å². The van der Waals surface area contributed by atoms with Gasteiger partial charge in [-0.1, -0.05) is 6.07 Å². The summed E-state index contributed by atoms with van der Waals surface area (Å²) in [6, 6.07) is 7.09. The van der Waals surface area contributed by atoms with E-state index in [0.717, 1.165) is 18.5 Å². The minimum Gasteiger partial charge on any atom is -0.331 e. The number of nitrogens with one attached hydrogen (secondary N) is 1. The molecule has 0 amide bonds. The van der Waals surface area contributed by atoms with Crippen molar-refractivity contribution in [1.82, 2.24) is 14.9 Å². The van der Waals surface area contributed by atoms with E-state index in [1.54, 1.807) is 0 Å². The number of rotatable bonds is 2. The topological polar surface area (TPSA) is 29.9 Å². The summed E-state index contributed by atoms with van der Waals surface area (Å²) in [6.07, 6.45) is 3.63. The van der Waals surface area contributed by atoms with Crippen LogP contribution in [0.1, 0.15) is 24.2 Å². The smallest absolute Gasteiger partial charge is 0.111 e. The summed E-state index contributed by atoms with van der Waals surface area (Å²) < 4.78 is 2.24. The van der Waals surface area contributed by atoms with E-state index in [1.165, 1.54) is 29.7 Å². The SMILES string of the molecule is Cc1ccc2nc(CC3CCCN3)n(C)c2c1. The van der Waals surface area contributed by atoms with E-state index in [-0.39, 0.29) is 0 Å². The van der Waals surface area contributed by atoms with Crippen molar-refractivity contribution < 1.29 is 0 Å². The quantitative estimate of drug-likeness (QED) is 0.855. The summed E-state index contributed by atoms with van der Waals surface area (Å²) in [7, 11) is 2.12. The van der Waals surface area contributed by atoms with Gasteiger partial charge in [-0.25, -0.2) is 4.98 Å². The van der Waals surface area contributed by atoms with Crippen LogP contribution >= 0.6 is 0 Å². The molecule has 90 valence electrons. The highest BCUT2D eigenvalue weighted by Gasteiger charge is 2.17. The molecule has 3 rings (SSSR count). The maximum absolute atomic E-state index is 4.74. The second kappa shape index (κ2) is 4.15. The molecular formula is C14H19N3. The first-order valence-corrected chi connectivity index (χ1v) is 6.39. The van der Waals surface area contributed by atoms with Crippen molar-refractivity contribution in [3.63, 3.8) is 0 Å². The van der Waals surface area contributed by atoms with Crippen molar-refractivity contribution in [2.45, 2.75) is 32.2 Å². The zero-order valence-electron chi connectivity index (χ0n) is 10.5. The van der Waals surface area contributed by atoms with Crippen LogP contribution in [-0.4, -0.2) is 22.1 Å². The number of aryl methyl sites for hydroxylation is 2. The fourth-order valence-corrected chi connectivity index (χ4v) is 2.68. The molecule has 2 aromatic rings. The predicted molar refractivity (Wildman–Crippen MR) is 70.2 cm³/mol. The van der Waals surface area contributed by atoms with Gasteiger partial charge in [-0.2, -0.15) is 0 Å². The lowest BCUT2D eigenvalue weighted by Gasteiger charge is -2.09. The number of hydrogen-bond donors (Lipinski definition) is 1. The minimum absolute atomic E-state index is 0.617. The monoisotopic (exact) mass is 229 g/mol. The molecule has 1 aliphatic rings. The van der Waals surface area contributed by atoms with Crippen molar-refractivity contribution in [2.24, 2.45) is 7.05 Å². The Bertz CT molecular complexity index is 536. The van der Waals surface area contributed by atoms with Gasteiger partial charge in [0.15, 0.2) is 0 Å². The molecule has 1 aliphatic heterocycles. The lowest BCUT2D eigenvalue weighted by molar-refractivity contribution is 0.575. The summed E-state index contributed by atoms with van der Waals surface area (Å²) in [5.74, 6) is 1.20. The van der Waals surface area contributed by atoms with Gasteiger partial charge in [0, 0.05) is 19.5 Å². The molecule has 1 fully saturated rings. The number of aromatic nitrogens is 2. The summed E-state index contributed by atoms with van der Waals surface area (Å²) in [5, 5.41) is 3.53. The Hall–Kier alpha value is -1.35. The van der Waals surface area contributed by atoms with Crippen LogP contribution in [0.15, 0.2) is 18.2 Å². The molecule has 0 radical (unpaired) electrons. The number of nitrogens with zero attached hydrogens (tertiary/aromatic N) is 2. The number of hydrogen-bond acceptors (Lipinski definition) is 2. The molecule has 0 saturated carbocycles. The number of fused-ring (bicyclic) bond motifs is 1. The lowest BCUT2D eigenvalue weighted by Crippen LogP contribution is -2.25. The highest BCUT2D eigenvalue weighted by Crippen LogP contribution is 2.19. The second-order valence-corrected chi connectivity index (χ2v) is 5.08. The highest BCUT2D eigenvalue weighted by molar-refractivity contribution is 5.76. The normalized spacial score (nSPS) is 20.2. The van der Waals surface area contributed by atoms with Gasteiger partial charge in [0.25, 0.3) is 0 Å². The Balaban J connectivity index is 1.96. The van der Waals surface area contributed by atoms with Gasteiger partial charge in [-0.15, -0.1) is 0 Å². The van der Waals surface area contributed by atoms with Crippen molar-refractivity contribution >= 4 is 11.0 Å². The fraction of sp³-hybridized carbons (Fsp3) is 0.500. The molecule has 3 heteroatoms. The highest BCUT2D eigenvalue weighted by atomic mass is 15.1. The molecule has 1 N–H and O–H groups in total. The molecule has 1 aromatic carbocycles. The molecule has 1 unspecified atom stereocenters. The van der Waals surface area contributed by atoms with Crippen LogP contribution in [0, 0.1) is 6.92 Å². The van der Waals surface area contributed by atoms with E-state index in [1.807, 2.05) is 0 Å². The first-order chi connectivity index (χ1) is 8.24. The van der Waals surface area contributed by atoms with Crippen LogP contribution in [0.5, 0.6) is 0 Å². The largest absolute Gasteiger partial charge is 0.331 e. The van der Waals surface area contributed by atoms with E-state index >= 15 is 0 Å². The van der Waals surface area contributed by atoms with Gasteiger partial charge >= 0.3 is 0 Å². The van der Waals surface area contributed by atoms with Crippen LogP contribution in [0.2, 0.25) is 0 Å². The molecular weight excluding hydrogens is 210 g/mol. The molecule has 1 atom stereocenters. The lowest BCUT2D eigenvalue weighted by atomic mass is 10.1. The minimum atomic E-state index is 0.617. The molecule has 0 aliphatic carbocycles. The Morgan fingerprint density at radius 2 is 2.35 bits per heavy atom. The van der Waals surface area contributed by atoms with Crippen molar-refractivity contribution in [3.05, 3.63) is 29.6 Å². The number of imidazole rings is 1.